The molecule has 0 aromatic carbocycles. The molecule has 2 unspecified atom stereocenters. The molecule has 1 N–H and O–H groups in total. The lowest BCUT2D eigenvalue weighted by Gasteiger charge is -2.46. The van der Waals surface area contributed by atoms with E-state index in [-0.39, 0.29) is 0 Å². The van der Waals surface area contributed by atoms with E-state index in [2.05, 4.69) is 51.9 Å². The third-order valence-electron chi connectivity index (χ3n) is 4.54. The molecule has 1 fully saturated rings. The minimum Gasteiger partial charge on any atom is -0.313 e. The molecule has 2 atom stereocenters. The van der Waals surface area contributed by atoms with Gasteiger partial charge in [-0.05, 0) is 51.6 Å². The van der Waals surface area contributed by atoms with Crippen molar-refractivity contribution in [2.45, 2.75) is 66.0 Å². The second-order valence-corrected chi connectivity index (χ2v) is 6.71. The molecule has 102 valence electrons. The van der Waals surface area contributed by atoms with Gasteiger partial charge in [0.2, 0.25) is 0 Å². The van der Waals surface area contributed by atoms with E-state index in [4.69, 9.17) is 0 Å². The van der Waals surface area contributed by atoms with Crippen molar-refractivity contribution in [3.63, 3.8) is 0 Å². The molecule has 0 aromatic heterocycles. The Bertz CT molecular complexity index is 223. The van der Waals surface area contributed by atoms with Crippen LogP contribution in [0.25, 0.3) is 0 Å². The molecular formula is C15H32N2. The van der Waals surface area contributed by atoms with Crippen LogP contribution >= 0.6 is 0 Å². The van der Waals surface area contributed by atoms with Crippen molar-refractivity contribution in [1.82, 2.24) is 10.2 Å². The zero-order valence-corrected chi connectivity index (χ0v) is 12.7. The maximum absolute atomic E-state index is 3.74. The van der Waals surface area contributed by atoms with Crippen LogP contribution in [0.3, 0.4) is 0 Å². The Balaban J connectivity index is 2.67. The summed E-state index contributed by atoms with van der Waals surface area (Å²) in [6, 6.07) is 1.34. The molecule has 17 heavy (non-hydrogen) atoms. The highest BCUT2D eigenvalue weighted by atomic mass is 15.1. The monoisotopic (exact) mass is 240 g/mol. The summed E-state index contributed by atoms with van der Waals surface area (Å²) < 4.78 is 0. The largest absolute Gasteiger partial charge is 0.313 e. The minimum absolute atomic E-state index is 0.455. The summed E-state index contributed by atoms with van der Waals surface area (Å²) in [6.45, 7) is 14.0. The van der Waals surface area contributed by atoms with Gasteiger partial charge in [0.15, 0.2) is 0 Å². The summed E-state index contributed by atoms with van der Waals surface area (Å²) in [5.41, 5.74) is 0.455. The van der Waals surface area contributed by atoms with Gasteiger partial charge in [0, 0.05) is 18.6 Å². The van der Waals surface area contributed by atoms with Crippen LogP contribution < -0.4 is 5.32 Å². The van der Waals surface area contributed by atoms with Crippen LogP contribution in [0, 0.1) is 11.3 Å². The highest BCUT2D eigenvalue weighted by molar-refractivity contribution is 4.94. The molecule has 1 rings (SSSR count). The summed E-state index contributed by atoms with van der Waals surface area (Å²) in [5.74, 6) is 0.811. The van der Waals surface area contributed by atoms with Gasteiger partial charge in [-0.2, -0.15) is 0 Å². The summed E-state index contributed by atoms with van der Waals surface area (Å²) in [7, 11) is 2.26. The number of rotatable bonds is 5. The van der Waals surface area contributed by atoms with Crippen molar-refractivity contribution in [3.05, 3.63) is 0 Å². The number of nitrogens with zero attached hydrogens (tertiary/aromatic N) is 1. The maximum Gasteiger partial charge on any atom is 0.0159 e. The zero-order valence-electron chi connectivity index (χ0n) is 12.7. The molecule has 1 saturated carbocycles. The predicted octanol–water partition coefficient (Wildman–Crippen LogP) is 3.13. The van der Waals surface area contributed by atoms with Crippen molar-refractivity contribution in [2.75, 3.05) is 20.1 Å². The molecule has 0 heterocycles. The molecule has 1 aliphatic carbocycles. The first-order valence-electron chi connectivity index (χ1n) is 7.32. The molecule has 2 heteroatoms. The van der Waals surface area contributed by atoms with Crippen molar-refractivity contribution in [1.29, 1.82) is 0 Å². The maximum atomic E-state index is 3.74. The van der Waals surface area contributed by atoms with Crippen LogP contribution in [0.15, 0.2) is 0 Å². The van der Waals surface area contributed by atoms with Gasteiger partial charge in [0.1, 0.15) is 0 Å². The fraction of sp³-hybridized carbons (Fsp3) is 1.00. The molecule has 0 aromatic rings. The molecule has 0 radical (unpaired) electrons. The average molecular weight is 240 g/mol. The van der Waals surface area contributed by atoms with E-state index >= 15 is 0 Å². The molecule has 2 nitrogen and oxygen atoms in total. The molecule has 0 aliphatic heterocycles. The van der Waals surface area contributed by atoms with Crippen LogP contribution in [-0.4, -0.2) is 37.1 Å². The number of nitrogens with one attached hydrogen (secondary N) is 1. The first-order valence-corrected chi connectivity index (χ1v) is 7.32. The molecule has 0 spiro atoms. The molecule has 1 aliphatic rings. The summed E-state index contributed by atoms with van der Waals surface area (Å²) in [4.78, 5) is 2.50. The second kappa shape index (κ2) is 6.19. The van der Waals surface area contributed by atoms with E-state index in [0.717, 1.165) is 12.5 Å². The van der Waals surface area contributed by atoms with Crippen molar-refractivity contribution < 1.29 is 0 Å². The van der Waals surface area contributed by atoms with Crippen LogP contribution in [-0.2, 0) is 0 Å². The fourth-order valence-corrected chi connectivity index (χ4v) is 3.22. The Morgan fingerprint density at radius 1 is 1.35 bits per heavy atom. The Labute approximate surface area is 108 Å². The van der Waals surface area contributed by atoms with E-state index in [9.17, 15) is 0 Å². The average Bonchev–Trinajstić information content (AvgIpc) is 2.22. The van der Waals surface area contributed by atoms with Gasteiger partial charge in [-0.1, -0.05) is 27.2 Å². The van der Waals surface area contributed by atoms with Gasteiger partial charge >= 0.3 is 0 Å². The Morgan fingerprint density at radius 2 is 2.00 bits per heavy atom. The van der Waals surface area contributed by atoms with E-state index in [0.29, 0.717) is 17.5 Å². The van der Waals surface area contributed by atoms with Crippen molar-refractivity contribution in [2.24, 2.45) is 11.3 Å². The van der Waals surface area contributed by atoms with E-state index in [1.807, 2.05) is 0 Å². The summed E-state index contributed by atoms with van der Waals surface area (Å²) in [6.07, 6.45) is 4.15. The van der Waals surface area contributed by atoms with Crippen LogP contribution in [0.5, 0.6) is 0 Å². The van der Waals surface area contributed by atoms with Crippen molar-refractivity contribution in [3.8, 4) is 0 Å². The lowest BCUT2D eigenvalue weighted by molar-refractivity contribution is 0.0793. The molecule has 0 bridgehead atoms. The van der Waals surface area contributed by atoms with Gasteiger partial charge in [0.05, 0.1) is 0 Å². The van der Waals surface area contributed by atoms with E-state index < -0.39 is 0 Å². The van der Waals surface area contributed by atoms with Crippen LogP contribution in [0.2, 0.25) is 0 Å². The standard InChI is InChI=1S/C15H32N2/c1-7-16-14-13(11-17(6)12(2)3)9-8-10-15(14,4)5/h12-14,16H,7-11H2,1-6H3. The third-order valence-corrected chi connectivity index (χ3v) is 4.54. The Kier molecular flexibility index (Phi) is 5.46. The first kappa shape index (κ1) is 15.0. The summed E-state index contributed by atoms with van der Waals surface area (Å²) in [5, 5.41) is 3.74. The Hall–Kier alpha value is -0.0800. The van der Waals surface area contributed by atoms with Gasteiger partial charge in [-0.25, -0.2) is 0 Å². The fourth-order valence-electron chi connectivity index (χ4n) is 3.22. The van der Waals surface area contributed by atoms with E-state index in [1.165, 1.54) is 25.8 Å². The highest BCUT2D eigenvalue weighted by Gasteiger charge is 2.38. The highest BCUT2D eigenvalue weighted by Crippen LogP contribution is 2.39. The first-order chi connectivity index (χ1) is 7.88. The topological polar surface area (TPSA) is 15.3 Å². The number of hydrogen-bond acceptors (Lipinski definition) is 2. The van der Waals surface area contributed by atoms with Gasteiger partial charge in [-0.3, -0.25) is 0 Å². The third kappa shape index (κ3) is 3.96. The zero-order chi connectivity index (χ0) is 13.1. The van der Waals surface area contributed by atoms with Crippen LogP contribution in [0.1, 0.15) is 53.9 Å². The minimum atomic E-state index is 0.455. The van der Waals surface area contributed by atoms with Gasteiger partial charge in [0.25, 0.3) is 0 Å². The lowest BCUT2D eigenvalue weighted by Crippen LogP contribution is -2.53. The Morgan fingerprint density at radius 3 is 2.53 bits per heavy atom. The smallest absolute Gasteiger partial charge is 0.0159 e. The lowest BCUT2D eigenvalue weighted by atomic mass is 9.67. The quantitative estimate of drug-likeness (QED) is 0.794. The SMILES string of the molecule is CCNC1C(CN(C)C(C)C)CCCC1(C)C. The molecular weight excluding hydrogens is 208 g/mol. The second-order valence-electron chi connectivity index (χ2n) is 6.71. The molecule has 0 saturated heterocycles. The predicted molar refractivity (Wildman–Crippen MR) is 76.4 cm³/mol. The normalized spacial score (nSPS) is 28.9. The molecule has 0 amide bonds. The number of hydrogen-bond donors (Lipinski definition) is 1. The van der Waals surface area contributed by atoms with Gasteiger partial charge < -0.3 is 10.2 Å². The van der Waals surface area contributed by atoms with E-state index in [1.54, 1.807) is 0 Å². The van der Waals surface area contributed by atoms with Gasteiger partial charge in [-0.15, -0.1) is 0 Å². The summed E-state index contributed by atoms with van der Waals surface area (Å²) >= 11 is 0. The van der Waals surface area contributed by atoms with Crippen molar-refractivity contribution >= 4 is 0 Å². The van der Waals surface area contributed by atoms with Crippen LogP contribution in [0.4, 0.5) is 0 Å².